The van der Waals surface area contributed by atoms with Gasteiger partial charge in [-0.2, -0.15) is 0 Å². The molecule has 4 aromatic rings. The summed E-state index contributed by atoms with van der Waals surface area (Å²) in [5.74, 6) is 0.807. The zero-order valence-corrected chi connectivity index (χ0v) is 19.8. The zero-order chi connectivity index (χ0) is 22.9. The van der Waals surface area contributed by atoms with E-state index in [-0.39, 0.29) is 16.2 Å². The lowest BCUT2D eigenvalue weighted by atomic mass is 10.2. The van der Waals surface area contributed by atoms with Gasteiger partial charge in [-0.25, -0.2) is 13.4 Å². The maximum absolute atomic E-state index is 13.0. The highest BCUT2D eigenvalue weighted by Gasteiger charge is 2.20. The van der Waals surface area contributed by atoms with Crippen LogP contribution in [0.25, 0.3) is 16.6 Å². The molecule has 0 fully saturated rings. The third-order valence-electron chi connectivity index (χ3n) is 4.82. The van der Waals surface area contributed by atoms with Crippen molar-refractivity contribution in [3.05, 3.63) is 87.4 Å². The molecule has 7 nitrogen and oxygen atoms in total. The van der Waals surface area contributed by atoms with Crippen LogP contribution in [0, 0.1) is 6.92 Å². The van der Waals surface area contributed by atoms with Gasteiger partial charge in [-0.3, -0.25) is 14.1 Å². The second kappa shape index (κ2) is 8.76. The van der Waals surface area contributed by atoms with Crippen LogP contribution >= 0.6 is 15.9 Å². The minimum absolute atomic E-state index is 0.0311. The van der Waals surface area contributed by atoms with Crippen molar-refractivity contribution in [3.8, 4) is 11.4 Å². The Labute approximate surface area is 193 Å². The zero-order valence-electron chi connectivity index (χ0n) is 17.4. The molecule has 0 aliphatic carbocycles. The first kappa shape index (κ1) is 22.0. The van der Waals surface area contributed by atoms with Crippen LogP contribution < -0.4 is 15.0 Å². The van der Waals surface area contributed by atoms with E-state index >= 15 is 0 Å². The highest BCUT2D eigenvalue weighted by molar-refractivity contribution is 9.10. The summed E-state index contributed by atoms with van der Waals surface area (Å²) in [5, 5.41) is 0.515. The fourth-order valence-corrected chi connectivity index (χ4v) is 5.15. The minimum Gasteiger partial charge on any atom is -0.492 e. The van der Waals surface area contributed by atoms with Gasteiger partial charge in [-0.05, 0) is 68.4 Å². The Morgan fingerprint density at radius 2 is 1.78 bits per heavy atom. The van der Waals surface area contributed by atoms with Crippen molar-refractivity contribution in [3.63, 3.8) is 0 Å². The van der Waals surface area contributed by atoms with Crippen molar-refractivity contribution in [2.45, 2.75) is 18.7 Å². The Balaban J connectivity index is 1.68. The van der Waals surface area contributed by atoms with Crippen molar-refractivity contribution in [1.29, 1.82) is 0 Å². The van der Waals surface area contributed by atoms with E-state index in [1.165, 1.54) is 10.6 Å². The molecule has 0 saturated carbocycles. The molecule has 3 aromatic carbocycles. The third-order valence-corrected chi connectivity index (χ3v) is 6.71. The molecule has 0 bridgehead atoms. The van der Waals surface area contributed by atoms with E-state index in [9.17, 15) is 13.2 Å². The van der Waals surface area contributed by atoms with E-state index in [0.717, 1.165) is 0 Å². The number of anilines is 1. The van der Waals surface area contributed by atoms with Crippen LogP contribution in [0.3, 0.4) is 0 Å². The van der Waals surface area contributed by atoms with Crippen LogP contribution in [-0.2, 0) is 10.0 Å². The molecule has 0 unspecified atom stereocenters. The van der Waals surface area contributed by atoms with Gasteiger partial charge in [0.25, 0.3) is 15.6 Å². The van der Waals surface area contributed by atoms with Crippen LogP contribution in [-0.4, -0.2) is 24.6 Å². The summed E-state index contributed by atoms with van der Waals surface area (Å²) >= 11 is 3.31. The Morgan fingerprint density at radius 1 is 1.06 bits per heavy atom. The average Bonchev–Trinajstić information content (AvgIpc) is 2.76. The molecular weight excluding hydrogens is 494 g/mol. The number of halogens is 1. The molecule has 1 heterocycles. The molecule has 0 aliphatic rings. The molecule has 164 valence electrons. The summed E-state index contributed by atoms with van der Waals surface area (Å²) < 4.78 is 36.1. The van der Waals surface area contributed by atoms with Crippen LogP contribution in [0.5, 0.6) is 5.75 Å². The van der Waals surface area contributed by atoms with Gasteiger partial charge in [0.05, 0.1) is 23.2 Å². The number of ether oxygens (including phenoxy) is 1. The van der Waals surface area contributed by atoms with Gasteiger partial charge < -0.3 is 4.74 Å². The lowest BCUT2D eigenvalue weighted by Crippen LogP contribution is -2.22. The van der Waals surface area contributed by atoms with Crippen molar-refractivity contribution in [2.75, 3.05) is 11.3 Å². The summed E-state index contributed by atoms with van der Waals surface area (Å²) in [6.45, 7) is 3.88. The van der Waals surface area contributed by atoms with Crippen LogP contribution in [0.15, 0.2) is 80.9 Å². The van der Waals surface area contributed by atoms with Crippen LogP contribution in [0.2, 0.25) is 0 Å². The van der Waals surface area contributed by atoms with Crippen LogP contribution in [0.4, 0.5) is 5.69 Å². The third kappa shape index (κ3) is 4.26. The quantitative estimate of drug-likeness (QED) is 0.405. The number of sulfonamides is 1. The Morgan fingerprint density at radius 3 is 2.50 bits per heavy atom. The molecule has 9 heteroatoms. The minimum atomic E-state index is -3.90. The molecule has 0 spiro atoms. The normalized spacial score (nSPS) is 11.5. The smallest absolute Gasteiger partial charge is 0.265 e. The first-order valence-electron chi connectivity index (χ1n) is 9.84. The van der Waals surface area contributed by atoms with Crippen molar-refractivity contribution < 1.29 is 13.2 Å². The summed E-state index contributed by atoms with van der Waals surface area (Å²) in [6, 6.07) is 18.5. The van der Waals surface area contributed by atoms with E-state index in [1.807, 2.05) is 6.07 Å². The fraction of sp³-hybridized carbons (Fsp3) is 0.130. The van der Waals surface area contributed by atoms with Gasteiger partial charge >= 0.3 is 0 Å². The number of para-hydroxylation sites is 1. The highest BCUT2D eigenvalue weighted by atomic mass is 79.9. The SMILES string of the molecule is CCOc1ccc(Br)cc1S(=O)(=O)Nc1ccc(-n2c(C)nc3ccccc3c2=O)cc1. The van der Waals surface area contributed by atoms with E-state index < -0.39 is 10.0 Å². The van der Waals surface area contributed by atoms with Crippen molar-refractivity contribution in [1.82, 2.24) is 9.55 Å². The summed E-state index contributed by atoms with van der Waals surface area (Å²) in [7, 11) is -3.90. The van der Waals surface area contributed by atoms with Crippen LogP contribution in [0.1, 0.15) is 12.7 Å². The molecule has 0 aliphatic heterocycles. The van der Waals surface area contributed by atoms with Gasteiger partial charge in [0.15, 0.2) is 0 Å². The fourth-order valence-electron chi connectivity index (χ4n) is 3.40. The van der Waals surface area contributed by atoms with E-state index in [2.05, 4.69) is 25.6 Å². The maximum atomic E-state index is 13.0. The lowest BCUT2D eigenvalue weighted by molar-refractivity contribution is 0.331. The number of benzene rings is 3. The number of nitrogens with zero attached hydrogens (tertiary/aromatic N) is 2. The predicted molar refractivity (Wildman–Crippen MR) is 128 cm³/mol. The number of rotatable bonds is 6. The molecule has 32 heavy (non-hydrogen) atoms. The topological polar surface area (TPSA) is 90.3 Å². The van der Waals surface area contributed by atoms with E-state index in [0.29, 0.717) is 39.2 Å². The van der Waals surface area contributed by atoms with E-state index in [1.54, 1.807) is 68.4 Å². The number of nitrogens with one attached hydrogen (secondary N) is 1. The number of aryl methyl sites for hydroxylation is 1. The van der Waals surface area contributed by atoms with Gasteiger partial charge in [-0.1, -0.05) is 28.1 Å². The van der Waals surface area contributed by atoms with E-state index in [4.69, 9.17) is 4.74 Å². The maximum Gasteiger partial charge on any atom is 0.265 e. The lowest BCUT2D eigenvalue weighted by Gasteiger charge is -2.14. The van der Waals surface area contributed by atoms with Gasteiger partial charge in [0.1, 0.15) is 16.5 Å². The number of fused-ring (bicyclic) bond motifs is 1. The molecule has 1 N–H and O–H groups in total. The standard InChI is InChI=1S/C23H20BrN3O4S/c1-3-31-21-13-8-16(24)14-22(21)32(29,30)26-17-9-11-18(12-10-17)27-15(2)25-20-7-5-4-6-19(20)23(27)28/h4-14,26H,3H2,1-2H3. The van der Waals surface area contributed by atoms with Gasteiger partial charge in [0, 0.05) is 10.2 Å². The first-order valence-corrected chi connectivity index (χ1v) is 12.1. The van der Waals surface area contributed by atoms with Gasteiger partial charge in [-0.15, -0.1) is 0 Å². The Hall–Kier alpha value is -3.17. The predicted octanol–water partition coefficient (Wildman–Crippen LogP) is 4.66. The Kier molecular flexibility index (Phi) is 6.03. The summed E-state index contributed by atoms with van der Waals surface area (Å²) in [6.07, 6.45) is 0. The molecule has 4 rings (SSSR count). The molecule has 0 saturated heterocycles. The monoisotopic (exact) mass is 513 g/mol. The summed E-state index contributed by atoms with van der Waals surface area (Å²) in [4.78, 5) is 17.5. The molecular formula is C23H20BrN3O4S. The van der Waals surface area contributed by atoms with Crippen molar-refractivity contribution >= 4 is 42.5 Å². The molecule has 0 atom stereocenters. The largest absolute Gasteiger partial charge is 0.492 e. The summed E-state index contributed by atoms with van der Waals surface area (Å²) in [5.41, 5.74) is 1.40. The molecule has 1 aromatic heterocycles. The highest BCUT2D eigenvalue weighted by Crippen LogP contribution is 2.29. The van der Waals surface area contributed by atoms with Gasteiger partial charge in [0.2, 0.25) is 0 Å². The van der Waals surface area contributed by atoms with Crippen molar-refractivity contribution in [2.24, 2.45) is 0 Å². The number of aromatic nitrogens is 2. The second-order valence-electron chi connectivity index (χ2n) is 6.99. The Bertz CT molecular complexity index is 1470. The molecule has 0 amide bonds. The average molecular weight is 514 g/mol. The second-order valence-corrected chi connectivity index (χ2v) is 9.56. The number of hydrogen-bond acceptors (Lipinski definition) is 5. The number of hydrogen-bond donors (Lipinski definition) is 1. The first-order chi connectivity index (χ1) is 15.3. The molecule has 0 radical (unpaired) electrons.